The first kappa shape index (κ1) is 8.77. The maximum atomic E-state index is 11.6. The molecular weight excluding hydrogens is 186 g/mol. The summed E-state index contributed by atoms with van der Waals surface area (Å²) >= 11 is 0. The smallest absolute Gasteiger partial charge is 0.0821 e. The van der Waals surface area contributed by atoms with Gasteiger partial charge in [-0.15, -0.1) is 0 Å². The lowest BCUT2D eigenvalue weighted by Gasteiger charge is -2.06. The van der Waals surface area contributed by atoms with Crippen molar-refractivity contribution < 1.29 is 4.21 Å². The Morgan fingerprint density at radius 3 is 2.85 bits per heavy atom. The predicted octanol–water partition coefficient (Wildman–Crippen LogP) is -0.0622. The van der Waals surface area contributed by atoms with Crippen molar-refractivity contribution in [2.75, 3.05) is 13.3 Å². The molecule has 2 heterocycles. The Labute approximate surface area is 78.3 Å². The topological polar surface area (TPSA) is 38.1 Å². The first-order chi connectivity index (χ1) is 5.97. The van der Waals surface area contributed by atoms with Gasteiger partial charge in [0.05, 0.1) is 15.4 Å². The number of hydrogen-bond acceptors (Lipinski definition) is 3. The third kappa shape index (κ3) is 1.49. The van der Waals surface area contributed by atoms with E-state index in [1.807, 2.05) is 13.2 Å². The number of fused-ring (bicyclic) bond motifs is 1. The monoisotopic (exact) mass is 199 g/mol. The molecule has 0 fully saturated rings. The zero-order valence-corrected chi connectivity index (χ0v) is 8.67. The first-order valence-electron chi connectivity index (χ1n) is 4.05. The summed E-state index contributed by atoms with van der Waals surface area (Å²) in [6.07, 6.45) is 3.44. The van der Waals surface area contributed by atoms with Gasteiger partial charge in [-0.25, -0.2) is 4.21 Å². The van der Waals surface area contributed by atoms with Crippen molar-refractivity contribution in [2.45, 2.75) is 13.1 Å². The van der Waals surface area contributed by atoms with E-state index in [4.69, 9.17) is 0 Å². The van der Waals surface area contributed by atoms with Gasteiger partial charge in [0.2, 0.25) is 0 Å². The fourth-order valence-electron chi connectivity index (χ4n) is 1.49. The molecule has 1 aromatic heterocycles. The van der Waals surface area contributed by atoms with Crippen molar-refractivity contribution in [1.82, 2.24) is 14.1 Å². The molecular formula is C8H13N3OS. The maximum absolute atomic E-state index is 11.6. The Morgan fingerprint density at radius 1 is 1.62 bits per heavy atom. The minimum atomic E-state index is -2.21. The lowest BCUT2D eigenvalue weighted by atomic mass is 10.3. The molecule has 0 saturated heterocycles. The second-order valence-electron chi connectivity index (χ2n) is 3.64. The van der Waals surface area contributed by atoms with Crippen LogP contribution in [0.2, 0.25) is 0 Å². The number of nitrogens with zero attached hydrogens (tertiary/aromatic N) is 3. The van der Waals surface area contributed by atoms with Gasteiger partial charge in [0.25, 0.3) is 0 Å². The van der Waals surface area contributed by atoms with Gasteiger partial charge in [-0.3, -0.25) is 4.90 Å². The van der Waals surface area contributed by atoms with Crippen LogP contribution in [0.25, 0.3) is 0 Å². The Bertz CT molecular complexity index is 409. The van der Waals surface area contributed by atoms with Crippen LogP contribution in [0.5, 0.6) is 0 Å². The Morgan fingerprint density at radius 2 is 2.31 bits per heavy atom. The van der Waals surface area contributed by atoms with Crippen LogP contribution in [-0.2, 0) is 22.8 Å². The number of aromatic nitrogens is 2. The molecule has 5 heteroatoms. The fourth-order valence-corrected chi connectivity index (χ4v) is 2.11. The molecule has 0 N–H and O–H groups in total. The van der Waals surface area contributed by atoms with Crippen LogP contribution in [0.1, 0.15) is 11.3 Å². The van der Waals surface area contributed by atoms with Crippen molar-refractivity contribution in [2.24, 2.45) is 0 Å². The molecule has 0 bridgehead atoms. The van der Waals surface area contributed by atoms with E-state index >= 15 is 0 Å². The molecule has 1 aliphatic rings. The van der Waals surface area contributed by atoms with Crippen molar-refractivity contribution in [3.63, 3.8) is 0 Å². The van der Waals surface area contributed by atoms with Gasteiger partial charge >= 0.3 is 0 Å². The minimum Gasteiger partial charge on any atom is -0.296 e. The summed E-state index contributed by atoms with van der Waals surface area (Å²) in [6, 6.07) is 0. The normalized spacial score (nSPS) is 21.4. The van der Waals surface area contributed by atoms with E-state index < -0.39 is 9.71 Å². The van der Waals surface area contributed by atoms with Crippen molar-refractivity contribution in [3.8, 4) is 0 Å². The van der Waals surface area contributed by atoms with Crippen LogP contribution >= 0.6 is 0 Å². The van der Waals surface area contributed by atoms with E-state index in [0.29, 0.717) is 0 Å². The predicted molar refractivity (Wildman–Crippen MR) is 54.0 cm³/mol. The molecule has 1 aromatic rings. The molecule has 1 atom stereocenters. The first-order valence-corrected chi connectivity index (χ1v) is 6.15. The van der Waals surface area contributed by atoms with E-state index in [0.717, 1.165) is 18.8 Å². The van der Waals surface area contributed by atoms with E-state index in [1.54, 1.807) is 6.26 Å². The Balaban J connectivity index is 2.43. The summed E-state index contributed by atoms with van der Waals surface area (Å²) in [4.78, 5) is 2.17. The zero-order valence-electron chi connectivity index (χ0n) is 7.86. The zero-order chi connectivity index (χ0) is 9.64. The van der Waals surface area contributed by atoms with E-state index in [2.05, 4.69) is 15.9 Å². The maximum Gasteiger partial charge on any atom is 0.0821 e. The van der Waals surface area contributed by atoms with E-state index in [1.165, 1.54) is 9.65 Å². The summed E-state index contributed by atoms with van der Waals surface area (Å²) in [7, 11) is -0.170. The molecule has 0 radical (unpaired) electrons. The summed E-state index contributed by atoms with van der Waals surface area (Å²) in [5.74, 6) is 3.59. The fraction of sp³-hybridized carbons (Fsp3) is 0.500. The average molecular weight is 199 g/mol. The summed E-state index contributed by atoms with van der Waals surface area (Å²) in [5, 5.41) is 4.25. The van der Waals surface area contributed by atoms with E-state index in [-0.39, 0.29) is 0 Å². The SMILES string of the molecule is C=S(C)(=O)n1cc2c(n1)CN(C)C2. The van der Waals surface area contributed by atoms with Gasteiger partial charge < -0.3 is 0 Å². The molecule has 0 saturated carbocycles. The van der Waals surface area contributed by atoms with Crippen LogP contribution in [0.3, 0.4) is 0 Å². The van der Waals surface area contributed by atoms with Crippen molar-refractivity contribution in [3.05, 3.63) is 17.5 Å². The quantitative estimate of drug-likeness (QED) is 0.595. The molecule has 0 spiro atoms. The third-order valence-corrected chi connectivity index (χ3v) is 3.09. The Hall–Kier alpha value is -0.810. The van der Waals surface area contributed by atoms with Gasteiger partial charge in [-0.2, -0.15) is 9.19 Å². The molecule has 1 unspecified atom stereocenters. The molecule has 0 aromatic carbocycles. The molecule has 2 rings (SSSR count). The van der Waals surface area contributed by atoms with Gasteiger partial charge in [-0.05, 0) is 12.9 Å². The average Bonchev–Trinajstić information content (AvgIpc) is 2.40. The molecule has 0 aliphatic carbocycles. The van der Waals surface area contributed by atoms with Crippen LogP contribution < -0.4 is 0 Å². The van der Waals surface area contributed by atoms with Crippen LogP contribution in [0, 0.1) is 0 Å². The molecule has 0 amide bonds. The highest BCUT2D eigenvalue weighted by atomic mass is 32.2. The van der Waals surface area contributed by atoms with Crippen molar-refractivity contribution in [1.29, 1.82) is 0 Å². The van der Waals surface area contributed by atoms with Crippen LogP contribution in [-0.4, -0.2) is 37.5 Å². The van der Waals surface area contributed by atoms with Gasteiger partial charge in [0, 0.05) is 31.1 Å². The second kappa shape index (κ2) is 2.59. The lowest BCUT2D eigenvalue weighted by molar-refractivity contribution is 0.348. The highest BCUT2D eigenvalue weighted by molar-refractivity contribution is 7.98. The van der Waals surface area contributed by atoms with Crippen LogP contribution in [0.4, 0.5) is 0 Å². The standard InChI is InChI=1S/C8H13N3OS/c1-10-4-7-5-11(13(2,3)12)9-8(7)6-10/h5H,2,4,6H2,1,3H3. The second-order valence-corrected chi connectivity index (χ2v) is 5.93. The largest absolute Gasteiger partial charge is 0.296 e. The minimum absolute atomic E-state index is 0.845. The number of hydrogen-bond donors (Lipinski definition) is 0. The summed E-state index contributed by atoms with van der Waals surface area (Å²) < 4.78 is 13.0. The van der Waals surface area contributed by atoms with Gasteiger partial charge in [-0.1, -0.05) is 0 Å². The molecule has 1 aliphatic heterocycles. The molecule has 72 valence electrons. The summed E-state index contributed by atoms with van der Waals surface area (Å²) in [5.41, 5.74) is 2.20. The Kier molecular flexibility index (Phi) is 1.75. The van der Waals surface area contributed by atoms with Crippen LogP contribution in [0.15, 0.2) is 6.20 Å². The van der Waals surface area contributed by atoms with Crippen molar-refractivity contribution >= 4 is 15.6 Å². The highest BCUT2D eigenvalue weighted by Crippen LogP contribution is 2.19. The highest BCUT2D eigenvalue weighted by Gasteiger charge is 2.20. The third-order valence-electron chi connectivity index (χ3n) is 2.11. The van der Waals surface area contributed by atoms with Gasteiger partial charge in [0.1, 0.15) is 0 Å². The summed E-state index contributed by atoms with van der Waals surface area (Å²) in [6.45, 7) is 1.74. The molecule has 4 nitrogen and oxygen atoms in total. The van der Waals surface area contributed by atoms with Gasteiger partial charge in [0.15, 0.2) is 0 Å². The molecule has 13 heavy (non-hydrogen) atoms. The van der Waals surface area contributed by atoms with E-state index in [9.17, 15) is 4.21 Å². The number of rotatable bonds is 1. The lowest BCUT2D eigenvalue weighted by Crippen LogP contribution is -2.14.